The smallest absolute Gasteiger partial charge is 0.153 e. The van der Waals surface area contributed by atoms with Gasteiger partial charge in [-0.3, -0.25) is 4.79 Å². The van der Waals surface area contributed by atoms with Gasteiger partial charge in [-0.15, -0.1) is 0 Å². The number of nitrogens with zero attached hydrogens (tertiary/aromatic N) is 2. The molecule has 5 heteroatoms. The third-order valence-corrected chi connectivity index (χ3v) is 2.22. The van der Waals surface area contributed by atoms with Crippen LogP contribution >= 0.6 is 0 Å². The lowest BCUT2D eigenvalue weighted by molar-refractivity contribution is 0.112. The molecular weight excluding hydrogens is 214 g/mol. The van der Waals surface area contributed by atoms with Crippen LogP contribution in [0.1, 0.15) is 16.1 Å². The third-order valence-electron chi connectivity index (χ3n) is 2.22. The zero-order valence-corrected chi connectivity index (χ0v) is 8.45. The quantitative estimate of drug-likeness (QED) is 0.730. The van der Waals surface area contributed by atoms with Gasteiger partial charge < -0.3 is 0 Å². The highest BCUT2D eigenvalue weighted by atomic mass is 19.1. The van der Waals surface area contributed by atoms with E-state index in [2.05, 4.69) is 5.10 Å². The minimum atomic E-state index is -0.722. The van der Waals surface area contributed by atoms with E-state index in [1.54, 1.807) is 6.92 Å². The molecule has 1 aromatic carbocycles. The summed E-state index contributed by atoms with van der Waals surface area (Å²) in [5.41, 5.74) is 0.986. The average molecular weight is 222 g/mol. The van der Waals surface area contributed by atoms with E-state index in [-0.39, 0.29) is 5.69 Å². The van der Waals surface area contributed by atoms with E-state index >= 15 is 0 Å². The fourth-order valence-electron chi connectivity index (χ4n) is 1.38. The van der Waals surface area contributed by atoms with Gasteiger partial charge in [0.25, 0.3) is 0 Å². The van der Waals surface area contributed by atoms with Gasteiger partial charge in [0.05, 0.1) is 11.3 Å². The number of halogens is 2. The second kappa shape index (κ2) is 3.84. The predicted molar refractivity (Wildman–Crippen MR) is 53.6 cm³/mol. The topological polar surface area (TPSA) is 34.9 Å². The molecule has 0 fully saturated rings. The summed E-state index contributed by atoms with van der Waals surface area (Å²) in [6.45, 7) is 1.64. The number of carbonyl (C=O) groups is 1. The van der Waals surface area contributed by atoms with E-state index in [4.69, 9.17) is 0 Å². The minimum Gasteiger partial charge on any atom is -0.298 e. The molecule has 82 valence electrons. The molecule has 0 spiro atoms. The number of aryl methyl sites for hydroxylation is 1. The highest BCUT2D eigenvalue weighted by molar-refractivity contribution is 5.76. The number of hydrogen-bond acceptors (Lipinski definition) is 2. The molecule has 0 saturated carbocycles. The summed E-state index contributed by atoms with van der Waals surface area (Å²) in [5.74, 6) is -1.37. The van der Waals surface area contributed by atoms with Crippen LogP contribution in [-0.4, -0.2) is 16.1 Å². The molecule has 0 radical (unpaired) electrons. The number of aromatic nitrogens is 2. The molecule has 0 aliphatic carbocycles. The summed E-state index contributed by atoms with van der Waals surface area (Å²) < 4.78 is 27.3. The third kappa shape index (κ3) is 1.71. The molecule has 0 bridgehead atoms. The van der Waals surface area contributed by atoms with Crippen molar-refractivity contribution in [2.75, 3.05) is 0 Å². The van der Waals surface area contributed by atoms with Gasteiger partial charge in [-0.2, -0.15) is 5.10 Å². The van der Waals surface area contributed by atoms with Crippen LogP contribution in [0.25, 0.3) is 5.69 Å². The normalized spacial score (nSPS) is 10.4. The van der Waals surface area contributed by atoms with Crippen LogP contribution in [0, 0.1) is 18.6 Å². The van der Waals surface area contributed by atoms with Crippen LogP contribution in [0.3, 0.4) is 0 Å². The first-order chi connectivity index (χ1) is 7.61. The van der Waals surface area contributed by atoms with Crippen LogP contribution in [0.2, 0.25) is 0 Å². The fraction of sp³-hybridized carbons (Fsp3) is 0.0909. The first-order valence-electron chi connectivity index (χ1n) is 4.58. The van der Waals surface area contributed by atoms with Crippen molar-refractivity contribution in [2.24, 2.45) is 0 Å². The lowest BCUT2D eigenvalue weighted by Crippen LogP contribution is -1.99. The Morgan fingerprint density at radius 3 is 2.69 bits per heavy atom. The van der Waals surface area contributed by atoms with Gasteiger partial charge in [0, 0.05) is 12.3 Å². The maximum atomic E-state index is 13.4. The van der Waals surface area contributed by atoms with Gasteiger partial charge in [0.2, 0.25) is 0 Å². The Balaban J connectivity index is 2.54. The van der Waals surface area contributed by atoms with Crippen molar-refractivity contribution in [3.8, 4) is 5.69 Å². The summed E-state index contributed by atoms with van der Waals surface area (Å²) in [5, 5.41) is 3.97. The van der Waals surface area contributed by atoms with Crippen LogP contribution in [-0.2, 0) is 0 Å². The Kier molecular flexibility index (Phi) is 2.52. The fourth-order valence-corrected chi connectivity index (χ4v) is 1.38. The van der Waals surface area contributed by atoms with Crippen molar-refractivity contribution in [3.05, 3.63) is 47.3 Å². The first-order valence-corrected chi connectivity index (χ1v) is 4.58. The van der Waals surface area contributed by atoms with Gasteiger partial charge >= 0.3 is 0 Å². The molecule has 16 heavy (non-hydrogen) atoms. The van der Waals surface area contributed by atoms with Crippen molar-refractivity contribution in [2.45, 2.75) is 6.92 Å². The lowest BCUT2D eigenvalue weighted by Gasteiger charge is -2.02. The van der Waals surface area contributed by atoms with Gasteiger partial charge in [0.15, 0.2) is 12.1 Å². The second-order valence-corrected chi connectivity index (χ2v) is 3.33. The Morgan fingerprint density at radius 2 is 2.12 bits per heavy atom. The molecule has 0 aliphatic rings. The van der Waals surface area contributed by atoms with E-state index in [1.165, 1.54) is 16.9 Å². The Hall–Kier alpha value is -2.04. The maximum absolute atomic E-state index is 13.4. The van der Waals surface area contributed by atoms with Gasteiger partial charge in [-0.25, -0.2) is 13.5 Å². The highest BCUT2D eigenvalue weighted by Crippen LogP contribution is 2.15. The Bertz CT molecular complexity index is 549. The molecule has 0 unspecified atom stereocenters. The summed E-state index contributed by atoms with van der Waals surface area (Å²) in [7, 11) is 0. The molecule has 2 aromatic rings. The summed E-state index contributed by atoms with van der Waals surface area (Å²) in [6.07, 6.45) is 2.04. The standard InChI is InChI=1S/C11H8F2N2O/c1-7-8(6-16)5-15(14-7)11-3-2-9(12)4-10(11)13/h2-6H,1H3. The number of aldehydes is 1. The first kappa shape index (κ1) is 10.5. The van der Waals surface area contributed by atoms with Gasteiger partial charge in [-0.05, 0) is 19.1 Å². The van der Waals surface area contributed by atoms with Crippen molar-refractivity contribution >= 4 is 6.29 Å². The van der Waals surface area contributed by atoms with Gasteiger partial charge in [-0.1, -0.05) is 0 Å². The number of carbonyl (C=O) groups excluding carboxylic acids is 1. The molecule has 0 N–H and O–H groups in total. The largest absolute Gasteiger partial charge is 0.298 e. The van der Waals surface area contributed by atoms with E-state index in [9.17, 15) is 13.6 Å². The maximum Gasteiger partial charge on any atom is 0.153 e. The van der Waals surface area contributed by atoms with Crippen molar-refractivity contribution in [3.63, 3.8) is 0 Å². The lowest BCUT2D eigenvalue weighted by atomic mass is 10.3. The van der Waals surface area contributed by atoms with E-state index < -0.39 is 11.6 Å². The Labute approximate surface area is 90.3 Å². The number of hydrogen-bond donors (Lipinski definition) is 0. The van der Waals surface area contributed by atoms with Crippen LogP contribution < -0.4 is 0 Å². The minimum absolute atomic E-state index is 0.109. The molecule has 2 rings (SSSR count). The molecule has 1 aromatic heterocycles. The molecule has 0 amide bonds. The highest BCUT2D eigenvalue weighted by Gasteiger charge is 2.09. The van der Waals surface area contributed by atoms with E-state index in [0.29, 0.717) is 17.5 Å². The van der Waals surface area contributed by atoms with Crippen LogP contribution in [0.5, 0.6) is 0 Å². The summed E-state index contributed by atoms with van der Waals surface area (Å²) in [4.78, 5) is 10.6. The zero-order chi connectivity index (χ0) is 11.7. The van der Waals surface area contributed by atoms with Crippen LogP contribution in [0.4, 0.5) is 8.78 Å². The monoisotopic (exact) mass is 222 g/mol. The molecule has 0 atom stereocenters. The molecule has 0 saturated heterocycles. The summed E-state index contributed by atoms with van der Waals surface area (Å²) >= 11 is 0. The van der Waals surface area contributed by atoms with Crippen molar-refractivity contribution in [1.82, 2.24) is 9.78 Å². The molecule has 0 aliphatic heterocycles. The van der Waals surface area contributed by atoms with Crippen molar-refractivity contribution in [1.29, 1.82) is 0 Å². The van der Waals surface area contributed by atoms with E-state index in [1.807, 2.05) is 0 Å². The van der Waals surface area contributed by atoms with Gasteiger partial charge in [0.1, 0.15) is 11.5 Å². The molecule has 1 heterocycles. The zero-order valence-electron chi connectivity index (χ0n) is 8.45. The average Bonchev–Trinajstić information content (AvgIpc) is 2.59. The Morgan fingerprint density at radius 1 is 1.38 bits per heavy atom. The number of rotatable bonds is 2. The SMILES string of the molecule is Cc1nn(-c2ccc(F)cc2F)cc1C=O. The second-order valence-electron chi connectivity index (χ2n) is 3.33. The summed E-state index contributed by atoms with van der Waals surface area (Å²) in [6, 6.07) is 3.18. The molecule has 3 nitrogen and oxygen atoms in total. The van der Waals surface area contributed by atoms with Crippen molar-refractivity contribution < 1.29 is 13.6 Å². The van der Waals surface area contributed by atoms with Crippen LogP contribution in [0.15, 0.2) is 24.4 Å². The number of benzene rings is 1. The van der Waals surface area contributed by atoms with E-state index in [0.717, 1.165) is 12.1 Å². The molecular formula is C11H8F2N2O. The predicted octanol–water partition coefficient (Wildman–Crippen LogP) is 2.27.